The van der Waals surface area contributed by atoms with Crippen molar-refractivity contribution < 1.29 is 0 Å². The van der Waals surface area contributed by atoms with Crippen molar-refractivity contribution in [1.29, 1.82) is 0 Å². The summed E-state index contributed by atoms with van der Waals surface area (Å²) in [4.78, 5) is 13.7. The van der Waals surface area contributed by atoms with Gasteiger partial charge in [0.2, 0.25) is 0 Å². The smallest absolute Gasteiger partial charge is 0.0795 e. The van der Waals surface area contributed by atoms with Gasteiger partial charge in [-0.05, 0) is 12.1 Å². The van der Waals surface area contributed by atoms with E-state index in [0.29, 0.717) is 0 Å². The van der Waals surface area contributed by atoms with Gasteiger partial charge < -0.3 is 0 Å². The molecule has 0 radical (unpaired) electrons. The molecule has 0 bridgehead atoms. The molecule has 1 aliphatic rings. The molecule has 0 amide bonds. The summed E-state index contributed by atoms with van der Waals surface area (Å²) in [7, 11) is 0. The van der Waals surface area contributed by atoms with Crippen LogP contribution in [0, 0.1) is 0 Å². The Labute approximate surface area is 117 Å². The summed E-state index contributed by atoms with van der Waals surface area (Å²) in [5.41, 5.74) is 4.27. The zero-order valence-corrected chi connectivity index (χ0v) is 11.7. The van der Waals surface area contributed by atoms with E-state index in [0.717, 1.165) is 45.0 Å². The van der Waals surface area contributed by atoms with Crippen LogP contribution in [-0.2, 0) is 13.1 Å². The Morgan fingerprint density at radius 3 is 2.26 bits per heavy atom. The minimum Gasteiger partial charge on any atom is -0.295 e. The highest BCUT2D eigenvalue weighted by Gasteiger charge is 2.17. The summed E-state index contributed by atoms with van der Waals surface area (Å²) in [5, 5.41) is 2.14. The molecule has 0 saturated carbocycles. The number of pyridine rings is 1. The van der Waals surface area contributed by atoms with Gasteiger partial charge in [0.15, 0.2) is 0 Å². The quantitative estimate of drug-likeness (QED) is 0.852. The molecular weight excluding hydrogens is 256 g/mol. The molecule has 2 aromatic heterocycles. The Morgan fingerprint density at radius 1 is 0.947 bits per heavy atom. The predicted molar refractivity (Wildman–Crippen MR) is 76.9 cm³/mol. The predicted octanol–water partition coefficient (Wildman–Crippen LogP) is 1.86. The van der Waals surface area contributed by atoms with Crippen LogP contribution in [0.3, 0.4) is 0 Å². The number of piperazine rings is 1. The van der Waals surface area contributed by atoms with Gasteiger partial charge in [0, 0.05) is 50.8 Å². The summed E-state index contributed by atoms with van der Waals surface area (Å²) < 4.78 is 0. The van der Waals surface area contributed by atoms with Crippen LogP contribution in [-0.4, -0.2) is 45.9 Å². The zero-order valence-electron chi connectivity index (χ0n) is 10.9. The molecule has 100 valence electrons. The Bertz CT molecular complexity index is 477. The van der Waals surface area contributed by atoms with Crippen molar-refractivity contribution in [3.8, 4) is 0 Å². The maximum Gasteiger partial charge on any atom is 0.0795 e. The van der Waals surface area contributed by atoms with E-state index in [4.69, 9.17) is 0 Å². The van der Waals surface area contributed by atoms with Gasteiger partial charge in [-0.25, -0.2) is 4.98 Å². The molecule has 5 heteroatoms. The van der Waals surface area contributed by atoms with E-state index in [1.165, 1.54) is 5.69 Å². The highest BCUT2D eigenvalue weighted by molar-refractivity contribution is 7.07. The lowest BCUT2D eigenvalue weighted by atomic mass is 10.2. The molecular formula is C14H18N4S. The molecule has 1 fully saturated rings. The van der Waals surface area contributed by atoms with Gasteiger partial charge in [0.25, 0.3) is 0 Å². The molecule has 4 nitrogen and oxygen atoms in total. The van der Waals surface area contributed by atoms with Crippen LogP contribution < -0.4 is 0 Å². The van der Waals surface area contributed by atoms with E-state index in [1.54, 1.807) is 11.3 Å². The fourth-order valence-electron chi connectivity index (χ4n) is 2.37. The van der Waals surface area contributed by atoms with E-state index in [1.807, 2.05) is 17.8 Å². The third-order valence-electron chi connectivity index (χ3n) is 3.45. The topological polar surface area (TPSA) is 32.3 Å². The van der Waals surface area contributed by atoms with Crippen LogP contribution in [0.4, 0.5) is 0 Å². The molecule has 0 unspecified atom stereocenters. The van der Waals surface area contributed by atoms with Crippen molar-refractivity contribution in [2.24, 2.45) is 0 Å². The highest BCUT2D eigenvalue weighted by atomic mass is 32.1. The first-order valence-electron chi connectivity index (χ1n) is 6.62. The number of hydrogen-bond acceptors (Lipinski definition) is 5. The SMILES string of the molecule is c1ccc(CN2CCN(Cc3cscn3)CC2)nc1. The molecule has 0 aliphatic carbocycles. The second-order valence-electron chi connectivity index (χ2n) is 4.85. The van der Waals surface area contributed by atoms with Gasteiger partial charge in [-0.1, -0.05) is 6.07 Å². The fraction of sp³-hybridized carbons (Fsp3) is 0.429. The molecule has 0 N–H and O–H groups in total. The van der Waals surface area contributed by atoms with Gasteiger partial charge in [0.05, 0.1) is 16.9 Å². The molecule has 0 aromatic carbocycles. The molecule has 0 atom stereocenters. The van der Waals surface area contributed by atoms with Crippen LogP contribution >= 0.6 is 11.3 Å². The van der Waals surface area contributed by atoms with E-state index >= 15 is 0 Å². The van der Waals surface area contributed by atoms with Gasteiger partial charge in [-0.3, -0.25) is 14.8 Å². The zero-order chi connectivity index (χ0) is 12.9. The largest absolute Gasteiger partial charge is 0.295 e. The Kier molecular flexibility index (Phi) is 4.17. The number of aromatic nitrogens is 2. The van der Waals surface area contributed by atoms with E-state index in [9.17, 15) is 0 Å². The van der Waals surface area contributed by atoms with Crippen LogP contribution in [0.1, 0.15) is 11.4 Å². The van der Waals surface area contributed by atoms with Crippen molar-refractivity contribution in [2.45, 2.75) is 13.1 Å². The number of nitrogens with zero attached hydrogens (tertiary/aromatic N) is 4. The monoisotopic (exact) mass is 274 g/mol. The number of hydrogen-bond donors (Lipinski definition) is 0. The molecule has 0 spiro atoms. The molecule has 1 saturated heterocycles. The molecule has 3 heterocycles. The standard InChI is InChI=1S/C14H18N4S/c1-2-4-15-13(3-1)9-17-5-7-18(8-6-17)10-14-11-19-12-16-14/h1-4,11-12H,5-10H2. The first-order chi connectivity index (χ1) is 9.40. The summed E-state index contributed by atoms with van der Waals surface area (Å²) in [5.74, 6) is 0. The van der Waals surface area contributed by atoms with Crippen molar-refractivity contribution in [1.82, 2.24) is 19.8 Å². The van der Waals surface area contributed by atoms with E-state index in [-0.39, 0.29) is 0 Å². The summed E-state index contributed by atoms with van der Waals surface area (Å²) in [6.07, 6.45) is 1.87. The first kappa shape index (κ1) is 12.7. The minimum atomic E-state index is 0.964. The van der Waals surface area contributed by atoms with Crippen molar-refractivity contribution in [3.05, 3.63) is 46.7 Å². The maximum absolute atomic E-state index is 4.39. The van der Waals surface area contributed by atoms with Gasteiger partial charge in [-0.2, -0.15) is 0 Å². The third kappa shape index (κ3) is 3.59. The molecule has 2 aromatic rings. The van der Waals surface area contributed by atoms with Crippen molar-refractivity contribution in [3.63, 3.8) is 0 Å². The summed E-state index contributed by atoms with van der Waals surface area (Å²) in [6, 6.07) is 6.12. The van der Waals surface area contributed by atoms with E-state index < -0.39 is 0 Å². The molecule has 3 rings (SSSR count). The molecule has 1 aliphatic heterocycles. The lowest BCUT2D eigenvalue weighted by Gasteiger charge is -2.34. The fourth-order valence-corrected chi connectivity index (χ4v) is 2.92. The Balaban J connectivity index is 1.47. The first-order valence-corrected chi connectivity index (χ1v) is 7.56. The minimum absolute atomic E-state index is 0.964. The average molecular weight is 274 g/mol. The molecule has 19 heavy (non-hydrogen) atoms. The van der Waals surface area contributed by atoms with Gasteiger partial charge in [-0.15, -0.1) is 11.3 Å². The number of thiazole rings is 1. The van der Waals surface area contributed by atoms with E-state index in [2.05, 4.69) is 37.3 Å². The number of rotatable bonds is 4. The second kappa shape index (κ2) is 6.23. The summed E-state index contributed by atoms with van der Waals surface area (Å²) in [6.45, 7) is 6.41. The Hall–Kier alpha value is -1.30. The Morgan fingerprint density at radius 2 is 1.68 bits per heavy atom. The summed E-state index contributed by atoms with van der Waals surface area (Å²) >= 11 is 1.67. The van der Waals surface area contributed by atoms with Gasteiger partial charge in [0.1, 0.15) is 0 Å². The van der Waals surface area contributed by atoms with Crippen molar-refractivity contribution >= 4 is 11.3 Å². The third-order valence-corrected chi connectivity index (χ3v) is 4.08. The second-order valence-corrected chi connectivity index (χ2v) is 5.57. The normalized spacial score (nSPS) is 17.7. The lowest BCUT2D eigenvalue weighted by Crippen LogP contribution is -2.45. The van der Waals surface area contributed by atoms with Crippen LogP contribution in [0.5, 0.6) is 0 Å². The highest BCUT2D eigenvalue weighted by Crippen LogP contribution is 2.10. The van der Waals surface area contributed by atoms with Gasteiger partial charge >= 0.3 is 0 Å². The maximum atomic E-state index is 4.39. The van der Waals surface area contributed by atoms with Crippen LogP contribution in [0.2, 0.25) is 0 Å². The lowest BCUT2D eigenvalue weighted by molar-refractivity contribution is 0.120. The van der Waals surface area contributed by atoms with Crippen molar-refractivity contribution in [2.75, 3.05) is 26.2 Å². The van der Waals surface area contributed by atoms with Crippen LogP contribution in [0.25, 0.3) is 0 Å². The average Bonchev–Trinajstić information content (AvgIpc) is 2.95. The van der Waals surface area contributed by atoms with Crippen LogP contribution in [0.15, 0.2) is 35.3 Å².